The molecule has 0 saturated carbocycles. The van der Waals surface area contributed by atoms with Gasteiger partial charge in [0.1, 0.15) is 16.3 Å². The predicted octanol–water partition coefficient (Wildman–Crippen LogP) is 1.89. The predicted molar refractivity (Wildman–Crippen MR) is 113 cm³/mol. The first kappa shape index (κ1) is 26.9. The molecule has 2 radical (unpaired) electrons. The smallest absolute Gasteiger partial charge is 0.0604 e. The van der Waals surface area contributed by atoms with Crippen LogP contribution in [0.3, 0.4) is 0 Å². The molecule has 2 aliphatic rings. The standard InChI is InChI=1S/C14H17.C7H7O.C2H5.Al.2Li/c1-2-7-14(12-8-3-4-9-12)13-10-5-6-11-13;8-6-7-4-2-1-3-5-7;1-2;;;/h3-6,8,10,14H,1-2,7,9,11H2;1-5H,6H2;1H2,2H3;;;/q;-1;;;;+1. The molecule has 1 aromatic carbocycles. The van der Waals surface area contributed by atoms with Gasteiger partial charge in [-0.05, 0) is 0 Å². The van der Waals surface area contributed by atoms with Gasteiger partial charge in [0.15, 0.2) is 0 Å². The molecule has 132 valence electrons. The van der Waals surface area contributed by atoms with Crippen molar-refractivity contribution in [1.82, 2.24) is 0 Å². The molecule has 0 heterocycles. The van der Waals surface area contributed by atoms with Crippen LogP contribution in [-0.4, -0.2) is 34.0 Å². The van der Waals surface area contributed by atoms with Crippen molar-refractivity contribution in [2.75, 3.05) is 0 Å². The fraction of sp³-hybridized carbons (Fsp3) is 0.391. The van der Waals surface area contributed by atoms with E-state index in [0.717, 1.165) is 11.5 Å². The summed E-state index contributed by atoms with van der Waals surface area (Å²) in [5, 5.41) is 12.6. The third kappa shape index (κ3) is 11.5. The average molecular weight is 362 g/mol. The van der Waals surface area contributed by atoms with Crippen molar-refractivity contribution in [1.29, 1.82) is 0 Å². The van der Waals surface area contributed by atoms with Crippen molar-refractivity contribution < 1.29 is 24.0 Å². The second-order valence-corrected chi connectivity index (χ2v) is 7.30. The molecule has 0 aromatic heterocycles. The molecular weight excluding hydrogens is 333 g/mol. The third-order valence-corrected chi connectivity index (χ3v) is 4.35. The summed E-state index contributed by atoms with van der Waals surface area (Å²) in [5.74, 6) is 0.718. The Morgan fingerprint density at radius 2 is 1.56 bits per heavy atom. The molecule has 0 unspecified atom stereocenters. The average Bonchev–Trinajstić information content (AvgIpc) is 3.39. The van der Waals surface area contributed by atoms with Gasteiger partial charge < -0.3 is 5.11 Å². The van der Waals surface area contributed by atoms with Gasteiger partial charge in [-0.25, -0.2) is 0 Å². The minimum Gasteiger partial charge on any atom is -0.851 e. The van der Waals surface area contributed by atoms with Crippen molar-refractivity contribution in [2.24, 2.45) is 5.92 Å². The monoisotopic (exact) mass is 362 g/mol. The van der Waals surface area contributed by atoms with Crippen LogP contribution in [0.2, 0.25) is 10.4 Å². The minimum atomic E-state index is -0.110. The summed E-state index contributed by atoms with van der Waals surface area (Å²) in [4.78, 5) is 0. The van der Waals surface area contributed by atoms with Gasteiger partial charge in [0.05, 0.1) is 0 Å². The maximum Gasteiger partial charge on any atom is -0.0604 e. The summed E-state index contributed by atoms with van der Waals surface area (Å²) >= 11 is 4.86. The molecule has 0 amide bonds. The summed E-state index contributed by atoms with van der Waals surface area (Å²) in [5.41, 5.74) is 4.10. The van der Waals surface area contributed by atoms with E-state index >= 15 is 0 Å². The SMILES string of the molecule is C[CH2][Al].[Li+].[Li][CH2]CCC(C1=CC=CC1)C1=CC=CC1.[O-]Cc1ccccc1. The van der Waals surface area contributed by atoms with Crippen LogP contribution in [0.5, 0.6) is 0 Å². The van der Waals surface area contributed by atoms with E-state index in [1.807, 2.05) is 30.3 Å². The molecule has 0 saturated heterocycles. The molecule has 4 heteroatoms. The quantitative estimate of drug-likeness (QED) is 0.709. The van der Waals surface area contributed by atoms with Gasteiger partial charge in [0, 0.05) is 0 Å². The van der Waals surface area contributed by atoms with Crippen LogP contribution in [0.1, 0.15) is 38.2 Å². The van der Waals surface area contributed by atoms with Gasteiger partial charge in [0.25, 0.3) is 0 Å². The van der Waals surface area contributed by atoms with E-state index in [2.05, 4.69) is 77.4 Å². The van der Waals surface area contributed by atoms with Crippen LogP contribution in [0.15, 0.2) is 77.9 Å². The fourth-order valence-corrected chi connectivity index (χ4v) is 3.04. The van der Waals surface area contributed by atoms with Crippen molar-refractivity contribution in [3.63, 3.8) is 0 Å². The first-order chi connectivity index (χ1) is 12.8. The zero-order valence-electron chi connectivity index (χ0n) is 17.4. The van der Waals surface area contributed by atoms with Crippen LogP contribution in [0.4, 0.5) is 0 Å². The molecule has 27 heavy (non-hydrogen) atoms. The van der Waals surface area contributed by atoms with Gasteiger partial charge in [-0.2, -0.15) is 0 Å². The molecule has 0 spiro atoms. The molecular formula is C23H29AlLi2O. The van der Waals surface area contributed by atoms with Crippen molar-refractivity contribution in [3.05, 3.63) is 83.5 Å². The normalized spacial score (nSPS) is 13.8. The molecule has 0 bridgehead atoms. The van der Waals surface area contributed by atoms with E-state index in [9.17, 15) is 5.11 Å². The Kier molecular flexibility index (Phi) is 17.8. The maximum atomic E-state index is 10.1. The molecule has 0 atom stereocenters. The molecule has 3 rings (SSSR count). The first-order valence-electron chi connectivity index (χ1n) is 9.80. The topological polar surface area (TPSA) is 23.1 Å². The summed E-state index contributed by atoms with van der Waals surface area (Å²) in [6, 6.07) is 9.29. The molecule has 1 aromatic rings. The van der Waals surface area contributed by atoms with Gasteiger partial charge in [-0.3, -0.25) is 0 Å². The molecule has 0 fully saturated rings. The van der Waals surface area contributed by atoms with Crippen LogP contribution < -0.4 is 24.0 Å². The van der Waals surface area contributed by atoms with Crippen LogP contribution in [0.25, 0.3) is 0 Å². The van der Waals surface area contributed by atoms with E-state index in [1.165, 1.54) is 36.1 Å². The van der Waals surface area contributed by atoms with Gasteiger partial charge in [0.2, 0.25) is 0 Å². The summed E-state index contributed by atoms with van der Waals surface area (Å²) in [7, 11) is 0. The van der Waals surface area contributed by atoms with Gasteiger partial charge >= 0.3 is 121 Å². The Morgan fingerprint density at radius 1 is 1.04 bits per heavy atom. The number of hydrogen-bond acceptors (Lipinski definition) is 1. The Hall–Kier alpha value is -0.133. The summed E-state index contributed by atoms with van der Waals surface area (Å²) in [6.45, 7) is 1.98. The number of benzene rings is 1. The Morgan fingerprint density at radius 3 is 1.89 bits per heavy atom. The number of allylic oxidation sites excluding steroid dienone is 8. The second kappa shape index (κ2) is 17.9. The zero-order chi connectivity index (χ0) is 19.0. The van der Waals surface area contributed by atoms with Crippen LogP contribution >= 0.6 is 0 Å². The van der Waals surface area contributed by atoms with E-state index in [0.29, 0.717) is 0 Å². The summed E-state index contributed by atoms with van der Waals surface area (Å²) < 4.78 is 0. The fourth-order valence-electron chi connectivity index (χ4n) is 3.04. The van der Waals surface area contributed by atoms with Crippen molar-refractivity contribution in [3.8, 4) is 0 Å². The Labute approximate surface area is 195 Å². The largest absolute Gasteiger partial charge is 0.851 e. The first-order valence-corrected chi connectivity index (χ1v) is 10.6. The maximum absolute atomic E-state index is 10.1. The zero-order valence-corrected chi connectivity index (χ0v) is 18.5. The Bertz CT molecular complexity index is 576. The van der Waals surface area contributed by atoms with Crippen LogP contribution in [-0.2, 0) is 6.61 Å². The van der Waals surface area contributed by atoms with Crippen molar-refractivity contribution in [2.45, 2.75) is 49.6 Å². The van der Waals surface area contributed by atoms with E-state index < -0.39 is 0 Å². The van der Waals surface area contributed by atoms with Gasteiger partial charge in [-0.1, -0.05) is 42.8 Å². The number of hydrogen-bond donors (Lipinski definition) is 0. The van der Waals surface area contributed by atoms with E-state index in [1.54, 1.807) is 11.1 Å². The van der Waals surface area contributed by atoms with E-state index in [-0.39, 0.29) is 25.5 Å². The molecule has 2 aliphatic carbocycles. The van der Waals surface area contributed by atoms with Crippen molar-refractivity contribution >= 4 is 34.0 Å². The van der Waals surface area contributed by atoms with E-state index in [4.69, 9.17) is 0 Å². The summed E-state index contributed by atoms with van der Waals surface area (Å²) in [6.07, 6.45) is 18.6. The molecule has 0 N–H and O–H groups in total. The van der Waals surface area contributed by atoms with Gasteiger partial charge in [-0.15, -0.1) is 11.9 Å². The van der Waals surface area contributed by atoms with Crippen LogP contribution in [0, 0.1) is 5.92 Å². The molecule has 1 nitrogen and oxygen atoms in total. The Balaban J connectivity index is 0.000000478. The number of rotatable bonds is 6. The second-order valence-electron chi connectivity index (χ2n) is 6.48. The third-order valence-electron chi connectivity index (χ3n) is 4.35. The minimum absolute atomic E-state index is 0. The molecule has 0 aliphatic heterocycles.